The van der Waals surface area contributed by atoms with Crippen molar-refractivity contribution in [3.63, 3.8) is 0 Å². The fourth-order valence-corrected chi connectivity index (χ4v) is 2.94. The van der Waals surface area contributed by atoms with Crippen molar-refractivity contribution in [3.8, 4) is 0 Å². The highest BCUT2D eigenvalue weighted by atomic mass is 16.3. The summed E-state index contributed by atoms with van der Waals surface area (Å²) in [7, 11) is 0. The van der Waals surface area contributed by atoms with E-state index < -0.39 is 5.60 Å². The second-order valence-corrected chi connectivity index (χ2v) is 4.85. The summed E-state index contributed by atoms with van der Waals surface area (Å²) in [4.78, 5) is 11.5. The molecule has 2 atom stereocenters. The molecule has 0 saturated heterocycles. The Hall–Kier alpha value is -0.370. The summed E-state index contributed by atoms with van der Waals surface area (Å²) < 4.78 is 0. The average molecular weight is 168 g/mol. The summed E-state index contributed by atoms with van der Waals surface area (Å²) in [5.74, 6) is 0.329. The molecule has 68 valence electrons. The second-order valence-electron chi connectivity index (χ2n) is 4.85. The lowest BCUT2D eigenvalue weighted by molar-refractivity contribution is -0.145. The van der Waals surface area contributed by atoms with Crippen LogP contribution in [0, 0.1) is 11.3 Å². The van der Waals surface area contributed by atoms with E-state index in [-0.39, 0.29) is 17.1 Å². The van der Waals surface area contributed by atoms with Gasteiger partial charge >= 0.3 is 0 Å². The van der Waals surface area contributed by atoms with Gasteiger partial charge in [0.25, 0.3) is 0 Å². The Morgan fingerprint density at radius 3 is 2.67 bits per heavy atom. The van der Waals surface area contributed by atoms with E-state index in [1.165, 1.54) is 0 Å². The molecule has 0 bridgehead atoms. The van der Waals surface area contributed by atoms with Crippen molar-refractivity contribution in [1.82, 2.24) is 0 Å². The third-order valence-electron chi connectivity index (χ3n) is 3.89. The zero-order chi connectivity index (χ0) is 8.98. The minimum absolute atomic E-state index is 0.0787. The van der Waals surface area contributed by atoms with Gasteiger partial charge in [0, 0.05) is 11.8 Å². The molecule has 1 N–H and O–H groups in total. The Bertz CT molecular complexity index is 232. The van der Waals surface area contributed by atoms with Gasteiger partial charge in [-0.1, -0.05) is 13.8 Å². The molecule has 2 nitrogen and oxygen atoms in total. The molecular formula is C10H16O2. The average Bonchev–Trinajstić information content (AvgIpc) is 2.38. The molecule has 12 heavy (non-hydrogen) atoms. The topological polar surface area (TPSA) is 37.3 Å². The molecule has 2 aliphatic rings. The second kappa shape index (κ2) is 2.11. The van der Waals surface area contributed by atoms with Crippen LogP contribution in [-0.2, 0) is 4.79 Å². The molecule has 0 unspecified atom stereocenters. The maximum absolute atomic E-state index is 11.5. The van der Waals surface area contributed by atoms with Gasteiger partial charge in [-0.25, -0.2) is 0 Å². The smallest absolute Gasteiger partial charge is 0.165 e. The lowest BCUT2D eigenvalue weighted by atomic mass is 9.75. The Balaban J connectivity index is 2.42. The van der Waals surface area contributed by atoms with E-state index in [2.05, 4.69) is 0 Å². The van der Waals surface area contributed by atoms with Gasteiger partial charge in [-0.2, -0.15) is 0 Å². The van der Waals surface area contributed by atoms with E-state index >= 15 is 0 Å². The lowest BCUT2D eigenvalue weighted by Crippen LogP contribution is -2.47. The van der Waals surface area contributed by atoms with E-state index in [1.807, 2.05) is 13.8 Å². The maximum atomic E-state index is 11.5. The van der Waals surface area contributed by atoms with Crippen LogP contribution in [0.1, 0.15) is 39.5 Å². The Morgan fingerprint density at radius 1 is 1.42 bits per heavy atom. The molecule has 2 aliphatic carbocycles. The van der Waals surface area contributed by atoms with Gasteiger partial charge in [-0.3, -0.25) is 4.79 Å². The van der Waals surface area contributed by atoms with Crippen LogP contribution in [0.15, 0.2) is 0 Å². The lowest BCUT2D eigenvalue weighted by Gasteiger charge is -2.34. The molecule has 2 rings (SSSR count). The summed E-state index contributed by atoms with van der Waals surface area (Å²) in [5, 5.41) is 10.3. The molecule has 2 fully saturated rings. The molecule has 0 spiro atoms. The van der Waals surface area contributed by atoms with E-state index in [9.17, 15) is 9.90 Å². The van der Waals surface area contributed by atoms with Gasteiger partial charge in [-0.15, -0.1) is 0 Å². The minimum atomic E-state index is -0.979. The number of ketones is 1. The van der Waals surface area contributed by atoms with E-state index in [4.69, 9.17) is 0 Å². The molecule has 0 aromatic rings. The van der Waals surface area contributed by atoms with Gasteiger partial charge in [0.2, 0.25) is 0 Å². The van der Waals surface area contributed by atoms with Crippen molar-refractivity contribution in [1.29, 1.82) is 0 Å². The van der Waals surface area contributed by atoms with Crippen molar-refractivity contribution in [3.05, 3.63) is 0 Å². The van der Waals surface area contributed by atoms with Gasteiger partial charge < -0.3 is 5.11 Å². The summed E-state index contributed by atoms with van der Waals surface area (Å²) in [5.41, 5.74) is -1.17. The van der Waals surface area contributed by atoms with Crippen LogP contribution in [0.3, 0.4) is 0 Å². The summed E-state index contributed by atoms with van der Waals surface area (Å²) in [6, 6.07) is 0. The number of carbonyl (C=O) groups is 1. The molecule has 2 heteroatoms. The van der Waals surface area contributed by atoms with Crippen molar-refractivity contribution in [2.75, 3.05) is 0 Å². The molecule has 0 radical (unpaired) electrons. The highest BCUT2D eigenvalue weighted by molar-refractivity contribution is 5.91. The molecule has 0 aromatic carbocycles. The zero-order valence-electron chi connectivity index (χ0n) is 7.76. The third-order valence-corrected chi connectivity index (χ3v) is 3.89. The van der Waals surface area contributed by atoms with Crippen LogP contribution in [0.4, 0.5) is 0 Å². The number of Topliss-reactive ketones (excluding diaryl/α,β-unsaturated/α-hetero) is 1. The van der Waals surface area contributed by atoms with Crippen LogP contribution in [-0.4, -0.2) is 16.5 Å². The van der Waals surface area contributed by atoms with Gasteiger partial charge in [-0.05, 0) is 25.2 Å². The number of carbonyl (C=O) groups excluding carboxylic acids is 1. The fraction of sp³-hybridized carbons (Fsp3) is 0.900. The van der Waals surface area contributed by atoms with E-state index in [1.54, 1.807) is 0 Å². The monoisotopic (exact) mass is 168 g/mol. The molecule has 2 saturated carbocycles. The van der Waals surface area contributed by atoms with Crippen LogP contribution < -0.4 is 0 Å². The number of hydrogen-bond acceptors (Lipinski definition) is 2. The predicted molar refractivity (Wildman–Crippen MR) is 45.7 cm³/mol. The molecule has 0 heterocycles. The Kier molecular flexibility index (Phi) is 1.45. The number of fused-ring (bicyclic) bond motifs is 1. The first kappa shape index (κ1) is 8.24. The van der Waals surface area contributed by atoms with E-state index in [0.29, 0.717) is 6.42 Å². The quantitative estimate of drug-likeness (QED) is 0.595. The van der Waals surface area contributed by atoms with Gasteiger partial charge in [0.15, 0.2) is 5.78 Å². The van der Waals surface area contributed by atoms with Crippen molar-refractivity contribution in [2.24, 2.45) is 11.3 Å². The SMILES string of the molecule is CC1(C)CC[C@H]2CCC(=O)[C@]21O. The minimum Gasteiger partial charge on any atom is -0.381 e. The third kappa shape index (κ3) is 0.717. The highest BCUT2D eigenvalue weighted by Crippen LogP contribution is 2.55. The Labute approximate surface area is 73.0 Å². The standard InChI is InChI=1S/C10H16O2/c1-9(2)6-5-7-3-4-8(11)10(7,9)12/h7,12H,3-6H2,1-2H3/t7-,10-/m1/s1. The summed E-state index contributed by atoms with van der Waals surface area (Å²) in [6.07, 6.45) is 3.50. The summed E-state index contributed by atoms with van der Waals surface area (Å²) in [6.45, 7) is 4.02. The Morgan fingerprint density at radius 2 is 2.08 bits per heavy atom. The first-order valence-corrected chi connectivity index (χ1v) is 4.74. The van der Waals surface area contributed by atoms with Crippen LogP contribution >= 0.6 is 0 Å². The van der Waals surface area contributed by atoms with Crippen molar-refractivity contribution < 1.29 is 9.90 Å². The van der Waals surface area contributed by atoms with Gasteiger partial charge in [0.05, 0.1) is 0 Å². The predicted octanol–water partition coefficient (Wildman–Crippen LogP) is 1.52. The largest absolute Gasteiger partial charge is 0.381 e. The first-order chi connectivity index (χ1) is 5.48. The van der Waals surface area contributed by atoms with Crippen molar-refractivity contribution in [2.45, 2.75) is 45.1 Å². The molecule has 0 amide bonds. The van der Waals surface area contributed by atoms with Crippen LogP contribution in [0.2, 0.25) is 0 Å². The number of aliphatic hydroxyl groups is 1. The zero-order valence-corrected chi connectivity index (χ0v) is 7.76. The maximum Gasteiger partial charge on any atom is 0.165 e. The number of hydrogen-bond donors (Lipinski definition) is 1. The molecule has 0 aromatic heterocycles. The highest BCUT2D eigenvalue weighted by Gasteiger charge is 2.61. The molecule has 0 aliphatic heterocycles. The molecular weight excluding hydrogens is 152 g/mol. The van der Waals surface area contributed by atoms with Crippen molar-refractivity contribution >= 4 is 5.78 Å². The van der Waals surface area contributed by atoms with Gasteiger partial charge in [0.1, 0.15) is 5.60 Å². The van der Waals surface area contributed by atoms with E-state index in [0.717, 1.165) is 19.3 Å². The number of rotatable bonds is 0. The first-order valence-electron chi connectivity index (χ1n) is 4.74. The normalized spacial score (nSPS) is 44.9. The van der Waals surface area contributed by atoms with Crippen LogP contribution in [0.5, 0.6) is 0 Å². The summed E-state index contributed by atoms with van der Waals surface area (Å²) >= 11 is 0. The fourth-order valence-electron chi connectivity index (χ4n) is 2.94. The van der Waals surface area contributed by atoms with Crippen LogP contribution in [0.25, 0.3) is 0 Å².